The molecule has 2 rings (SSSR count). The summed E-state index contributed by atoms with van der Waals surface area (Å²) in [5.41, 5.74) is 0.990. The number of rotatable bonds is 5. The molecule has 2 aromatic heterocycles. The van der Waals surface area contributed by atoms with E-state index < -0.39 is 5.97 Å². The van der Waals surface area contributed by atoms with Gasteiger partial charge in [0.1, 0.15) is 5.82 Å². The van der Waals surface area contributed by atoms with Crippen LogP contribution in [0.25, 0.3) is 5.69 Å². The molecule has 2 aromatic rings. The number of thiophene rings is 1. The van der Waals surface area contributed by atoms with Crippen LogP contribution in [0.1, 0.15) is 12.7 Å². The molecule has 17 heavy (non-hydrogen) atoms. The van der Waals surface area contributed by atoms with Crippen molar-refractivity contribution in [3.8, 4) is 5.69 Å². The number of aliphatic carboxylic acids is 1. The standard InChI is InChI=1S/C10H11N3O2S2/c1-2-8-11-12-10(17-6-9(14)15)13(8)7-3-4-16-5-7/h3-5H,2,6H2,1H3,(H,14,15). The zero-order chi connectivity index (χ0) is 12.3. The highest BCUT2D eigenvalue weighted by Crippen LogP contribution is 2.23. The Morgan fingerprint density at radius 3 is 3.00 bits per heavy atom. The van der Waals surface area contributed by atoms with Crippen molar-refractivity contribution in [3.05, 3.63) is 22.7 Å². The molecular weight excluding hydrogens is 258 g/mol. The second kappa shape index (κ2) is 5.33. The highest BCUT2D eigenvalue weighted by molar-refractivity contribution is 7.99. The molecule has 5 nitrogen and oxygen atoms in total. The van der Waals surface area contributed by atoms with Gasteiger partial charge in [0.15, 0.2) is 5.16 Å². The van der Waals surface area contributed by atoms with E-state index in [0.717, 1.165) is 17.9 Å². The molecule has 0 amide bonds. The van der Waals surface area contributed by atoms with Crippen LogP contribution in [0.3, 0.4) is 0 Å². The molecule has 0 aliphatic heterocycles. The first-order valence-corrected chi connectivity index (χ1v) is 6.96. The lowest BCUT2D eigenvalue weighted by Gasteiger charge is -2.05. The number of carboxylic acids is 1. The van der Waals surface area contributed by atoms with E-state index in [1.54, 1.807) is 11.3 Å². The summed E-state index contributed by atoms with van der Waals surface area (Å²) in [6, 6.07) is 1.97. The van der Waals surface area contributed by atoms with Crippen LogP contribution in [0.15, 0.2) is 22.0 Å². The normalized spacial score (nSPS) is 10.6. The van der Waals surface area contributed by atoms with Gasteiger partial charge >= 0.3 is 5.97 Å². The number of nitrogens with zero attached hydrogens (tertiary/aromatic N) is 3. The van der Waals surface area contributed by atoms with Gasteiger partial charge in [0.05, 0.1) is 11.4 Å². The molecular formula is C10H11N3O2S2. The predicted octanol–water partition coefficient (Wildman–Crippen LogP) is 2.07. The molecule has 0 aliphatic rings. The highest BCUT2D eigenvalue weighted by Gasteiger charge is 2.14. The molecule has 1 N–H and O–H groups in total. The average Bonchev–Trinajstić information content (AvgIpc) is 2.94. The Bertz CT molecular complexity index is 508. The third-order valence-corrected chi connectivity index (χ3v) is 3.69. The first-order valence-electron chi connectivity index (χ1n) is 5.03. The third kappa shape index (κ3) is 2.67. The van der Waals surface area contributed by atoms with E-state index >= 15 is 0 Å². The number of thioether (sulfide) groups is 1. The van der Waals surface area contributed by atoms with Gasteiger partial charge in [-0.05, 0) is 11.4 Å². The second-order valence-corrected chi connectivity index (χ2v) is 4.97. The van der Waals surface area contributed by atoms with E-state index in [1.807, 2.05) is 28.3 Å². The van der Waals surface area contributed by atoms with Gasteiger partial charge in [0.2, 0.25) is 0 Å². The van der Waals surface area contributed by atoms with Crippen LogP contribution in [0.5, 0.6) is 0 Å². The van der Waals surface area contributed by atoms with Crippen LogP contribution < -0.4 is 0 Å². The van der Waals surface area contributed by atoms with Crippen LogP contribution in [-0.2, 0) is 11.2 Å². The maximum absolute atomic E-state index is 10.6. The minimum atomic E-state index is -0.854. The highest BCUT2D eigenvalue weighted by atomic mass is 32.2. The maximum atomic E-state index is 10.6. The zero-order valence-electron chi connectivity index (χ0n) is 9.16. The number of aromatic nitrogens is 3. The van der Waals surface area contributed by atoms with E-state index in [1.165, 1.54) is 11.8 Å². The topological polar surface area (TPSA) is 68.0 Å². The molecule has 0 spiro atoms. The Morgan fingerprint density at radius 1 is 1.59 bits per heavy atom. The molecule has 7 heteroatoms. The van der Waals surface area contributed by atoms with E-state index in [9.17, 15) is 4.79 Å². The largest absolute Gasteiger partial charge is 0.481 e. The van der Waals surface area contributed by atoms with Crippen molar-refractivity contribution in [2.24, 2.45) is 0 Å². The van der Waals surface area contributed by atoms with Crippen LogP contribution in [0, 0.1) is 0 Å². The lowest BCUT2D eigenvalue weighted by Crippen LogP contribution is -2.03. The summed E-state index contributed by atoms with van der Waals surface area (Å²) in [5, 5.41) is 21.4. The summed E-state index contributed by atoms with van der Waals surface area (Å²) in [4.78, 5) is 10.6. The quantitative estimate of drug-likeness (QED) is 0.842. The van der Waals surface area contributed by atoms with Crippen molar-refractivity contribution in [2.75, 3.05) is 5.75 Å². The Kier molecular flexibility index (Phi) is 3.80. The molecule has 2 heterocycles. The van der Waals surface area contributed by atoms with E-state index in [2.05, 4.69) is 10.2 Å². The third-order valence-electron chi connectivity index (χ3n) is 2.11. The molecule has 0 saturated carbocycles. The van der Waals surface area contributed by atoms with Gasteiger partial charge in [-0.25, -0.2) is 0 Å². The molecule has 0 atom stereocenters. The molecule has 0 unspecified atom stereocenters. The Balaban J connectivity index is 2.33. The van der Waals surface area contributed by atoms with Crippen molar-refractivity contribution in [1.29, 1.82) is 0 Å². The number of hydrogen-bond donors (Lipinski definition) is 1. The smallest absolute Gasteiger partial charge is 0.313 e. The van der Waals surface area contributed by atoms with Crippen molar-refractivity contribution in [3.63, 3.8) is 0 Å². The summed E-state index contributed by atoms with van der Waals surface area (Å²) < 4.78 is 1.91. The molecule has 0 fully saturated rings. The number of carboxylic acid groups (broad SMARTS) is 1. The Labute approximate surface area is 106 Å². The van der Waals surface area contributed by atoms with Crippen LogP contribution in [0.4, 0.5) is 0 Å². The molecule has 0 aromatic carbocycles. The van der Waals surface area contributed by atoms with Gasteiger partial charge in [-0.3, -0.25) is 9.36 Å². The minimum absolute atomic E-state index is 0.00795. The zero-order valence-corrected chi connectivity index (χ0v) is 10.8. The lowest BCUT2D eigenvalue weighted by molar-refractivity contribution is -0.133. The summed E-state index contributed by atoms with van der Waals surface area (Å²) in [6.45, 7) is 2.00. The van der Waals surface area contributed by atoms with Crippen LogP contribution in [-0.4, -0.2) is 31.6 Å². The van der Waals surface area contributed by atoms with Crippen molar-refractivity contribution < 1.29 is 9.90 Å². The maximum Gasteiger partial charge on any atom is 0.313 e. The molecule has 0 aliphatic carbocycles. The lowest BCUT2D eigenvalue weighted by atomic mass is 10.4. The van der Waals surface area contributed by atoms with Crippen LogP contribution >= 0.6 is 23.1 Å². The number of aryl methyl sites for hydroxylation is 1. The second-order valence-electron chi connectivity index (χ2n) is 3.25. The molecule has 0 saturated heterocycles. The van der Waals surface area contributed by atoms with Gasteiger partial charge in [-0.15, -0.1) is 10.2 Å². The van der Waals surface area contributed by atoms with E-state index in [0.29, 0.717) is 5.16 Å². The average molecular weight is 269 g/mol. The van der Waals surface area contributed by atoms with E-state index in [-0.39, 0.29) is 5.75 Å². The van der Waals surface area contributed by atoms with Gasteiger partial charge in [0.25, 0.3) is 0 Å². The Morgan fingerprint density at radius 2 is 2.41 bits per heavy atom. The van der Waals surface area contributed by atoms with Crippen molar-refractivity contribution >= 4 is 29.1 Å². The molecule has 0 bridgehead atoms. The minimum Gasteiger partial charge on any atom is -0.481 e. The van der Waals surface area contributed by atoms with Crippen molar-refractivity contribution in [2.45, 2.75) is 18.5 Å². The SMILES string of the molecule is CCc1nnc(SCC(=O)O)n1-c1ccsc1. The summed E-state index contributed by atoms with van der Waals surface area (Å²) in [5.74, 6) is -0.0179. The number of hydrogen-bond acceptors (Lipinski definition) is 5. The van der Waals surface area contributed by atoms with Gasteiger partial charge < -0.3 is 5.11 Å². The van der Waals surface area contributed by atoms with Gasteiger partial charge in [0, 0.05) is 11.8 Å². The van der Waals surface area contributed by atoms with Crippen LogP contribution in [0.2, 0.25) is 0 Å². The molecule has 0 radical (unpaired) electrons. The number of carbonyl (C=O) groups is 1. The first kappa shape index (κ1) is 12.1. The Hall–Kier alpha value is -1.34. The fourth-order valence-electron chi connectivity index (χ4n) is 1.39. The van der Waals surface area contributed by atoms with Crippen molar-refractivity contribution in [1.82, 2.24) is 14.8 Å². The van der Waals surface area contributed by atoms with E-state index in [4.69, 9.17) is 5.11 Å². The summed E-state index contributed by atoms with van der Waals surface area (Å²) in [7, 11) is 0. The summed E-state index contributed by atoms with van der Waals surface area (Å²) in [6.07, 6.45) is 0.760. The first-order chi connectivity index (χ1) is 8.22. The van der Waals surface area contributed by atoms with Gasteiger partial charge in [-0.2, -0.15) is 11.3 Å². The molecule has 90 valence electrons. The fraction of sp³-hybridized carbons (Fsp3) is 0.300. The predicted molar refractivity (Wildman–Crippen MR) is 67.0 cm³/mol. The monoisotopic (exact) mass is 269 g/mol. The fourth-order valence-corrected chi connectivity index (χ4v) is 2.70. The summed E-state index contributed by atoms with van der Waals surface area (Å²) >= 11 is 2.77. The van der Waals surface area contributed by atoms with Gasteiger partial charge in [-0.1, -0.05) is 18.7 Å².